The predicted molar refractivity (Wildman–Crippen MR) is 69.6 cm³/mol. The topological polar surface area (TPSA) is 47.3 Å². The van der Waals surface area contributed by atoms with E-state index in [-0.39, 0.29) is 6.04 Å². The molecule has 0 fully saturated rings. The summed E-state index contributed by atoms with van der Waals surface area (Å²) >= 11 is 0. The summed E-state index contributed by atoms with van der Waals surface area (Å²) in [5, 5.41) is 3.37. The van der Waals surface area contributed by atoms with E-state index < -0.39 is 0 Å². The van der Waals surface area contributed by atoms with Gasteiger partial charge in [0.15, 0.2) is 0 Å². The third-order valence-electron chi connectivity index (χ3n) is 2.88. The molecule has 0 bridgehead atoms. The zero-order valence-corrected chi connectivity index (χ0v) is 10.0. The molecule has 3 N–H and O–H groups in total. The Labute approximate surface area is 102 Å². The van der Waals surface area contributed by atoms with Crippen LogP contribution in [0.2, 0.25) is 0 Å². The van der Waals surface area contributed by atoms with E-state index >= 15 is 0 Å². The summed E-state index contributed by atoms with van der Waals surface area (Å²) in [6.07, 6.45) is 7.04. The predicted octanol–water partition coefficient (Wildman–Crippen LogP) is 1.96. The van der Waals surface area contributed by atoms with E-state index in [0.29, 0.717) is 0 Å². The summed E-state index contributed by atoms with van der Waals surface area (Å²) in [5.41, 5.74) is 8.22. The molecule has 90 valence electrons. The van der Waals surface area contributed by atoms with E-state index in [4.69, 9.17) is 10.5 Å². The molecular formula is C14H18N2O. The number of ether oxygens (including phenoxy) is 1. The fraction of sp³-hybridized carbons (Fsp3) is 0.286. The molecule has 3 nitrogen and oxygen atoms in total. The summed E-state index contributed by atoms with van der Waals surface area (Å²) in [7, 11) is 1.69. The van der Waals surface area contributed by atoms with Crippen LogP contribution in [0.15, 0.2) is 48.2 Å². The lowest BCUT2D eigenvalue weighted by atomic mass is 10.1. The summed E-state index contributed by atoms with van der Waals surface area (Å²) in [4.78, 5) is 0. The molecule has 0 amide bonds. The summed E-state index contributed by atoms with van der Waals surface area (Å²) in [6, 6.07) is 8.07. The molecule has 0 heterocycles. The van der Waals surface area contributed by atoms with Crippen LogP contribution in [0.1, 0.15) is 12.0 Å². The Bertz CT molecular complexity index is 438. The molecule has 1 aliphatic rings. The van der Waals surface area contributed by atoms with Gasteiger partial charge in [-0.3, -0.25) is 0 Å². The largest absolute Gasteiger partial charge is 0.496 e. The van der Waals surface area contributed by atoms with Crippen molar-refractivity contribution in [2.75, 3.05) is 7.11 Å². The number of allylic oxidation sites excluding steroid dienone is 2. The lowest BCUT2D eigenvalue weighted by Crippen LogP contribution is -2.31. The first-order valence-corrected chi connectivity index (χ1v) is 5.79. The van der Waals surface area contributed by atoms with E-state index in [0.717, 1.165) is 30.0 Å². The Morgan fingerprint density at radius 2 is 2.24 bits per heavy atom. The van der Waals surface area contributed by atoms with Gasteiger partial charge in [0.25, 0.3) is 0 Å². The minimum Gasteiger partial charge on any atom is -0.496 e. The Balaban J connectivity index is 2.02. The van der Waals surface area contributed by atoms with Gasteiger partial charge in [0.2, 0.25) is 0 Å². The Kier molecular flexibility index (Phi) is 3.83. The minimum atomic E-state index is 0.0784. The van der Waals surface area contributed by atoms with E-state index in [1.54, 1.807) is 7.11 Å². The maximum Gasteiger partial charge on any atom is 0.123 e. The van der Waals surface area contributed by atoms with Crippen LogP contribution in [-0.2, 0) is 6.54 Å². The molecule has 1 aromatic rings. The van der Waals surface area contributed by atoms with Crippen molar-refractivity contribution in [3.05, 3.63) is 53.8 Å². The zero-order valence-electron chi connectivity index (χ0n) is 10.0. The van der Waals surface area contributed by atoms with Gasteiger partial charge in [0.1, 0.15) is 5.75 Å². The van der Waals surface area contributed by atoms with Gasteiger partial charge >= 0.3 is 0 Å². The van der Waals surface area contributed by atoms with Crippen molar-refractivity contribution < 1.29 is 4.74 Å². The third kappa shape index (κ3) is 2.88. The van der Waals surface area contributed by atoms with E-state index in [2.05, 4.69) is 17.5 Å². The number of hydrogen-bond donors (Lipinski definition) is 2. The van der Waals surface area contributed by atoms with Crippen LogP contribution in [0.25, 0.3) is 0 Å². The van der Waals surface area contributed by atoms with Crippen molar-refractivity contribution >= 4 is 0 Å². The molecule has 0 saturated carbocycles. The number of nitrogens with two attached hydrogens (primary N) is 1. The first kappa shape index (κ1) is 11.7. The average molecular weight is 230 g/mol. The van der Waals surface area contributed by atoms with Crippen LogP contribution < -0.4 is 15.8 Å². The van der Waals surface area contributed by atoms with Gasteiger partial charge in [-0.2, -0.15) is 0 Å². The van der Waals surface area contributed by atoms with Crippen molar-refractivity contribution in [3.8, 4) is 5.75 Å². The van der Waals surface area contributed by atoms with Crippen LogP contribution in [-0.4, -0.2) is 13.2 Å². The van der Waals surface area contributed by atoms with Crippen LogP contribution in [0.5, 0.6) is 5.75 Å². The number of methoxy groups -OCH3 is 1. The van der Waals surface area contributed by atoms with Crippen LogP contribution in [0.4, 0.5) is 0 Å². The highest BCUT2D eigenvalue weighted by Crippen LogP contribution is 2.18. The van der Waals surface area contributed by atoms with Gasteiger partial charge in [0, 0.05) is 23.8 Å². The molecule has 1 unspecified atom stereocenters. The Morgan fingerprint density at radius 1 is 1.41 bits per heavy atom. The molecule has 0 aromatic heterocycles. The maximum absolute atomic E-state index is 6.00. The normalized spacial score (nSPS) is 18.7. The fourth-order valence-corrected chi connectivity index (χ4v) is 1.88. The average Bonchev–Trinajstić information content (AvgIpc) is 2.38. The smallest absolute Gasteiger partial charge is 0.123 e. The van der Waals surface area contributed by atoms with Gasteiger partial charge in [-0.05, 0) is 18.6 Å². The number of hydrogen-bond acceptors (Lipinski definition) is 3. The van der Waals surface area contributed by atoms with Crippen LogP contribution >= 0.6 is 0 Å². The van der Waals surface area contributed by atoms with Gasteiger partial charge in [-0.15, -0.1) is 0 Å². The van der Waals surface area contributed by atoms with Gasteiger partial charge in [0.05, 0.1) is 7.11 Å². The third-order valence-corrected chi connectivity index (χ3v) is 2.88. The Morgan fingerprint density at radius 3 is 3.00 bits per heavy atom. The monoisotopic (exact) mass is 230 g/mol. The summed E-state index contributed by atoms with van der Waals surface area (Å²) < 4.78 is 5.31. The van der Waals surface area contributed by atoms with Crippen LogP contribution in [0, 0.1) is 0 Å². The van der Waals surface area contributed by atoms with E-state index in [9.17, 15) is 0 Å². The number of benzene rings is 1. The second-order valence-electron chi connectivity index (χ2n) is 4.06. The standard InChI is InChI=1S/C14H18N2O/c1-17-14-9-5-2-6-11(14)10-16-13-8-4-3-7-12(13)15/h2-6,8-9,12,16H,7,10,15H2,1H3. The van der Waals surface area contributed by atoms with Gasteiger partial charge in [-0.1, -0.05) is 30.4 Å². The molecule has 1 atom stereocenters. The van der Waals surface area contributed by atoms with Gasteiger partial charge < -0.3 is 15.8 Å². The van der Waals surface area contributed by atoms with E-state index in [1.807, 2.05) is 30.4 Å². The molecule has 1 aromatic carbocycles. The van der Waals surface area contributed by atoms with Crippen molar-refractivity contribution in [1.29, 1.82) is 0 Å². The molecular weight excluding hydrogens is 212 g/mol. The number of para-hydroxylation sites is 1. The summed E-state index contributed by atoms with van der Waals surface area (Å²) in [6.45, 7) is 0.734. The highest BCUT2D eigenvalue weighted by atomic mass is 16.5. The zero-order chi connectivity index (χ0) is 12.1. The summed E-state index contributed by atoms with van der Waals surface area (Å²) in [5.74, 6) is 0.903. The molecule has 3 heteroatoms. The molecule has 0 spiro atoms. The molecule has 0 aliphatic heterocycles. The lowest BCUT2D eigenvalue weighted by Gasteiger charge is -2.19. The van der Waals surface area contributed by atoms with E-state index in [1.165, 1.54) is 0 Å². The maximum atomic E-state index is 6.00. The quantitative estimate of drug-likeness (QED) is 0.831. The molecule has 17 heavy (non-hydrogen) atoms. The first-order valence-electron chi connectivity index (χ1n) is 5.79. The molecule has 0 radical (unpaired) electrons. The fourth-order valence-electron chi connectivity index (χ4n) is 1.88. The number of nitrogens with one attached hydrogen (secondary N) is 1. The molecule has 1 aliphatic carbocycles. The number of rotatable bonds is 4. The van der Waals surface area contributed by atoms with Crippen molar-refractivity contribution in [2.45, 2.75) is 19.0 Å². The minimum absolute atomic E-state index is 0.0784. The highest BCUT2D eigenvalue weighted by molar-refractivity contribution is 5.34. The highest BCUT2D eigenvalue weighted by Gasteiger charge is 2.10. The van der Waals surface area contributed by atoms with Crippen molar-refractivity contribution in [2.24, 2.45) is 5.73 Å². The second-order valence-corrected chi connectivity index (χ2v) is 4.06. The first-order chi connectivity index (χ1) is 8.31. The SMILES string of the molecule is COc1ccccc1CNC1=CC=CCC1N. The van der Waals surface area contributed by atoms with Gasteiger partial charge in [-0.25, -0.2) is 0 Å². The molecule has 2 rings (SSSR count). The van der Waals surface area contributed by atoms with Crippen molar-refractivity contribution in [1.82, 2.24) is 5.32 Å². The van der Waals surface area contributed by atoms with Crippen molar-refractivity contribution in [3.63, 3.8) is 0 Å². The van der Waals surface area contributed by atoms with Crippen LogP contribution in [0.3, 0.4) is 0 Å². The Hall–Kier alpha value is -1.74. The second kappa shape index (κ2) is 5.55. The lowest BCUT2D eigenvalue weighted by molar-refractivity contribution is 0.408. The molecule has 0 saturated heterocycles.